The Kier molecular flexibility index (Phi) is 6.74. The van der Waals surface area contributed by atoms with Crippen molar-refractivity contribution < 1.29 is 28.9 Å². The lowest BCUT2D eigenvalue weighted by molar-refractivity contribution is 0.0697. The van der Waals surface area contributed by atoms with Gasteiger partial charge in [-0.05, 0) is 17.7 Å². The topological polar surface area (TPSA) is 140 Å². The van der Waals surface area contributed by atoms with E-state index in [0.717, 1.165) is 11.6 Å². The van der Waals surface area contributed by atoms with Crippen molar-refractivity contribution in [3.63, 3.8) is 0 Å². The summed E-state index contributed by atoms with van der Waals surface area (Å²) >= 11 is 0. The quantitative estimate of drug-likeness (QED) is 0.486. The Morgan fingerprint density at radius 1 is 1.00 bits per heavy atom. The zero-order valence-corrected chi connectivity index (χ0v) is 17.6. The van der Waals surface area contributed by atoms with Crippen LogP contribution in [0, 0.1) is 0 Å². The second-order valence-electron chi connectivity index (χ2n) is 6.61. The van der Waals surface area contributed by atoms with Crippen LogP contribution in [0.4, 0.5) is 5.69 Å². The molecule has 3 rings (SSSR count). The Balaban J connectivity index is 1.89. The van der Waals surface area contributed by atoms with E-state index in [0.29, 0.717) is 5.75 Å². The summed E-state index contributed by atoms with van der Waals surface area (Å²) in [6.45, 7) is 0. The molecule has 2 aromatic carbocycles. The van der Waals surface area contributed by atoms with E-state index in [1.165, 1.54) is 26.4 Å². The number of carboxylic acid groups (broad SMARTS) is 1. The molecular formula is C22H21N3O7. The van der Waals surface area contributed by atoms with Gasteiger partial charge in [-0.2, -0.15) is 0 Å². The van der Waals surface area contributed by atoms with E-state index in [1.54, 1.807) is 19.2 Å². The van der Waals surface area contributed by atoms with E-state index in [1.807, 2.05) is 12.1 Å². The highest BCUT2D eigenvalue weighted by Crippen LogP contribution is 2.33. The van der Waals surface area contributed by atoms with Crippen molar-refractivity contribution in [2.24, 2.45) is 0 Å². The molecule has 0 unspecified atom stereocenters. The van der Waals surface area contributed by atoms with E-state index >= 15 is 0 Å². The first-order valence-electron chi connectivity index (χ1n) is 9.38. The Morgan fingerprint density at radius 3 is 2.25 bits per heavy atom. The van der Waals surface area contributed by atoms with Crippen molar-refractivity contribution in [2.75, 3.05) is 26.6 Å². The lowest BCUT2D eigenvalue weighted by Gasteiger charge is -2.13. The molecule has 10 heteroatoms. The minimum absolute atomic E-state index is 0.0288. The van der Waals surface area contributed by atoms with Gasteiger partial charge >= 0.3 is 5.97 Å². The first-order valence-corrected chi connectivity index (χ1v) is 9.38. The second-order valence-corrected chi connectivity index (χ2v) is 6.61. The van der Waals surface area contributed by atoms with E-state index in [-0.39, 0.29) is 40.7 Å². The van der Waals surface area contributed by atoms with Gasteiger partial charge in [0.25, 0.3) is 11.5 Å². The second kappa shape index (κ2) is 9.65. The van der Waals surface area contributed by atoms with Crippen LogP contribution in [-0.2, 0) is 6.42 Å². The van der Waals surface area contributed by atoms with Crippen LogP contribution in [0.15, 0.2) is 47.3 Å². The normalized spacial score (nSPS) is 10.3. The number of aromatic carboxylic acids is 1. The smallest absolute Gasteiger partial charge is 0.337 e. The molecular weight excluding hydrogens is 418 g/mol. The van der Waals surface area contributed by atoms with Gasteiger partial charge in [0.1, 0.15) is 17.3 Å². The predicted octanol–water partition coefficient (Wildman–Crippen LogP) is 2.34. The Hall–Kier alpha value is -4.34. The number of ether oxygens (including phenoxy) is 3. The summed E-state index contributed by atoms with van der Waals surface area (Å²) in [5, 5.41) is 12.0. The Morgan fingerprint density at radius 2 is 1.66 bits per heavy atom. The highest BCUT2D eigenvalue weighted by atomic mass is 16.5. The van der Waals surface area contributed by atoms with Crippen LogP contribution >= 0.6 is 0 Å². The number of anilines is 1. The number of aromatic nitrogens is 2. The van der Waals surface area contributed by atoms with Crippen LogP contribution < -0.4 is 25.1 Å². The van der Waals surface area contributed by atoms with Crippen LogP contribution in [0.25, 0.3) is 0 Å². The number of nitrogens with one attached hydrogen (secondary N) is 2. The van der Waals surface area contributed by atoms with Crippen molar-refractivity contribution in [3.05, 3.63) is 75.5 Å². The lowest BCUT2D eigenvalue weighted by Crippen LogP contribution is -2.21. The molecule has 3 N–H and O–H groups in total. The number of aromatic amines is 1. The number of hydrogen-bond donors (Lipinski definition) is 3. The molecule has 0 aliphatic heterocycles. The van der Waals surface area contributed by atoms with Gasteiger partial charge in [-0.25, -0.2) is 9.78 Å². The van der Waals surface area contributed by atoms with Crippen molar-refractivity contribution >= 4 is 17.6 Å². The monoisotopic (exact) mass is 439 g/mol. The minimum atomic E-state index is -1.28. The van der Waals surface area contributed by atoms with Crippen molar-refractivity contribution in [3.8, 4) is 17.2 Å². The Labute approximate surface area is 182 Å². The maximum Gasteiger partial charge on any atom is 0.337 e. The fourth-order valence-electron chi connectivity index (χ4n) is 2.99. The van der Waals surface area contributed by atoms with Gasteiger partial charge in [-0.3, -0.25) is 9.59 Å². The van der Waals surface area contributed by atoms with Gasteiger partial charge in [0.2, 0.25) is 0 Å². The lowest BCUT2D eigenvalue weighted by atomic mass is 10.1. The highest BCUT2D eigenvalue weighted by molar-refractivity contribution is 6.07. The average Bonchev–Trinajstić information content (AvgIpc) is 2.78. The summed E-state index contributed by atoms with van der Waals surface area (Å²) in [4.78, 5) is 43.3. The summed E-state index contributed by atoms with van der Waals surface area (Å²) < 4.78 is 15.4. The third-order valence-electron chi connectivity index (χ3n) is 4.56. The zero-order valence-electron chi connectivity index (χ0n) is 17.6. The minimum Gasteiger partial charge on any atom is -0.497 e. The summed E-state index contributed by atoms with van der Waals surface area (Å²) in [6, 6.07) is 10.8. The number of rotatable bonds is 8. The fourth-order valence-corrected chi connectivity index (χ4v) is 2.99. The zero-order chi connectivity index (χ0) is 23.3. The number of methoxy groups -OCH3 is 3. The first-order chi connectivity index (χ1) is 15.3. The van der Waals surface area contributed by atoms with Crippen molar-refractivity contribution in [1.82, 2.24) is 9.97 Å². The highest BCUT2D eigenvalue weighted by Gasteiger charge is 2.19. The van der Waals surface area contributed by atoms with Crippen LogP contribution in [0.3, 0.4) is 0 Å². The van der Waals surface area contributed by atoms with Gasteiger partial charge in [-0.15, -0.1) is 0 Å². The van der Waals surface area contributed by atoms with E-state index in [2.05, 4.69) is 15.3 Å². The molecule has 3 aromatic rings. The standard InChI is InChI=1S/C22H21N3O7/c1-30-13-6-4-12(5-7-13)8-19-23-16(11-20(26)25-19)21(27)24-15-10-18(32-3)17(31-2)9-14(15)22(28)29/h4-7,9-11H,8H2,1-3H3,(H,24,27)(H,28,29)(H,23,25,26). The van der Waals surface area contributed by atoms with Gasteiger partial charge < -0.3 is 29.6 Å². The van der Waals surface area contributed by atoms with Crippen molar-refractivity contribution in [2.45, 2.75) is 6.42 Å². The molecule has 0 aliphatic carbocycles. The molecule has 32 heavy (non-hydrogen) atoms. The van der Waals surface area contributed by atoms with Crippen LogP contribution in [0.2, 0.25) is 0 Å². The van der Waals surface area contributed by atoms with Crippen molar-refractivity contribution in [1.29, 1.82) is 0 Å². The maximum absolute atomic E-state index is 12.8. The van der Waals surface area contributed by atoms with E-state index < -0.39 is 17.4 Å². The first kappa shape index (κ1) is 22.3. The molecule has 0 saturated carbocycles. The number of H-pyrrole nitrogens is 1. The summed E-state index contributed by atoms with van der Waals surface area (Å²) in [6.07, 6.45) is 0.275. The number of carbonyl (C=O) groups excluding carboxylic acids is 1. The van der Waals surface area contributed by atoms with E-state index in [4.69, 9.17) is 14.2 Å². The molecule has 0 aliphatic rings. The largest absolute Gasteiger partial charge is 0.497 e. The molecule has 0 atom stereocenters. The number of carboxylic acids is 1. The summed E-state index contributed by atoms with van der Waals surface area (Å²) in [5.41, 5.74) is -0.0689. The number of nitrogens with zero attached hydrogens (tertiary/aromatic N) is 1. The molecule has 1 heterocycles. The Bertz CT molecular complexity index is 1200. The number of benzene rings is 2. The SMILES string of the molecule is COc1ccc(Cc2nc(C(=O)Nc3cc(OC)c(OC)cc3C(=O)O)cc(=O)[nH]2)cc1. The number of carbonyl (C=O) groups is 2. The summed E-state index contributed by atoms with van der Waals surface area (Å²) in [5.74, 6) is -0.640. The predicted molar refractivity (Wildman–Crippen MR) is 115 cm³/mol. The van der Waals surface area contributed by atoms with Crippen LogP contribution in [0.5, 0.6) is 17.2 Å². The average molecular weight is 439 g/mol. The van der Waals surface area contributed by atoms with Gasteiger partial charge in [-0.1, -0.05) is 12.1 Å². The molecule has 0 bridgehead atoms. The molecule has 1 amide bonds. The molecule has 0 fully saturated rings. The molecule has 166 valence electrons. The van der Waals surface area contributed by atoms with Crippen LogP contribution in [0.1, 0.15) is 32.2 Å². The molecule has 0 radical (unpaired) electrons. The molecule has 0 spiro atoms. The third kappa shape index (κ3) is 5.04. The van der Waals surface area contributed by atoms with Gasteiger partial charge in [0, 0.05) is 24.6 Å². The van der Waals surface area contributed by atoms with E-state index in [9.17, 15) is 19.5 Å². The fraction of sp³-hybridized carbons (Fsp3) is 0.182. The molecule has 1 aromatic heterocycles. The summed E-state index contributed by atoms with van der Waals surface area (Å²) in [7, 11) is 4.31. The van der Waals surface area contributed by atoms with Crippen LogP contribution in [-0.4, -0.2) is 48.3 Å². The molecule has 0 saturated heterocycles. The van der Waals surface area contributed by atoms with Gasteiger partial charge in [0.15, 0.2) is 11.5 Å². The number of hydrogen-bond acceptors (Lipinski definition) is 7. The number of amides is 1. The van der Waals surface area contributed by atoms with Gasteiger partial charge in [0.05, 0.1) is 32.6 Å². The molecule has 10 nitrogen and oxygen atoms in total. The third-order valence-corrected chi connectivity index (χ3v) is 4.56. The maximum atomic E-state index is 12.8.